The number of ether oxygens (including phenoxy) is 2. The molecule has 33 heavy (non-hydrogen) atoms. The highest BCUT2D eigenvalue weighted by Crippen LogP contribution is 2.41. The van der Waals surface area contributed by atoms with E-state index in [4.69, 9.17) is 19.6 Å². The minimum absolute atomic E-state index is 0.0296. The van der Waals surface area contributed by atoms with Crippen molar-refractivity contribution in [3.05, 3.63) is 23.0 Å². The topological polar surface area (TPSA) is 81.5 Å². The minimum atomic E-state index is -0.209. The lowest BCUT2D eigenvalue weighted by molar-refractivity contribution is 0.00167. The van der Waals surface area contributed by atoms with Crippen molar-refractivity contribution in [2.24, 2.45) is 5.92 Å². The first kappa shape index (κ1) is 22.7. The van der Waals surface area contributed by atoms with Gasteiger partial charge in [0, 0.05) is 49.8 Å². The Hall–Kier alpha value is -2.03. The summed E-state index contributed by atoms with van der Waals surface area (Å²) in [5.74, 6) is 0.868. The summed E-state index contributed by atoms with van der Waals surface area (Å²) in [5, 5.41) is 8.95. The van der Waals surface area contributed by atoms with Crippen molar-refractivity contribution in [3.8, 4) is 0 Å². The highest BCUT2D eigenvalue weighted by molar-refractivity contribution is 6.06. The molecule has 2 atom stereocenters. The van der Waals surface area contributed by atoms with Crippen LogP contribution in [0, 0.1) is 12.8 Å². The summed E-state index contributed by atoms with van der Waals surface area (Å²) in [7, 11) is 0. The van der Waals surface area contributed by atoms with Gasteiger partial charge in [0.1, 0.15) is 0 Å². The zero-order valence-electron chi connectivity index (χ0n) is 20.4. The molecule has 0 aromatic carbocycles. The third-order valence-electron chi connectivity index (χ3n) is 7.20. The summed E-state index contributed by atoms with van der Waals surface area (Å²) in [6.45, 7) is 13.8. The van der Waals surface area contributed by atoms with E-state index in [0.717, 1.165) is 81.2 Å². The molecular formula is C25H37N5O3. The summed E-state index contributed by atoms with van der Waals surface area (Å²) < 4.78 is 13.2. The first-order valence-corrected chi connectivity index (χ1v) is 12.4. The molecule has 0 spiro atoms. The SMILES string of the molecule is Cc1nn(C(C)(C)C)c2nc(C3CC3)cc(C(=O)NCC(C3CCOC3)N3CCOCC3)c12. The number of amides is 1. The summed E-state index contributed by atoms with van der Waals surface area (Å²) in [4.78, 5) is 21.1. The Morgan fingerprint density at radius 2 is 1.94 bits per heavy atom. The molecular weight excluding hydrogens is 418 g/mol. The molecule has 1 N–H and O–H groups in total. The van der Waals surface area contributed by atoms with Crippen molar-refractivity contribution in [2.75, 3.05) is 46.1 Å². The van der Waals surface area contributed by atoms with Gasteiger partial charge in [-0.05, 0) is 53.0 Å². The monoisotopic (exact) mass is 455 g/mol. The Balaban J connectivity index is 1.44. The molecule has 4 heterocycles. The van der Waals surface area contributed by atoms with Gasteiger partial charge >= 0.3 is 0 Å². The lowest BCUT2D eigenvalue weighted by Gasteiger charge is -2.37. The van der Waals surface area contributed by atoms with Crippen LogP contribution in [0.25, 0.3) is 11.0 Å². The zero-order valence-corrected chi connectivity index (χ0v) is 20.4. The number of aromatic nitrogens is 3. The van der Waals surface area contributed by atoms with Crippen molar-refractivity contribution >= 4 is 16.9 Å². The molecule has 8 heteroatoms. The van der Waals surface area contributed by atoms with Gasteiger partial charge in [0.05, 0.1) is 42.0 Å². The van der Waals surface area contributed by atoms with Crippen molar-refractivity contribution in [2.45, 2.75) is 64.5 Å². The second-order valence-corrected chi connectivity index (χ2v) is 10.8. The average Bonchev–Trinajstić information content (AvgIpc) is 3.40. The molecule has 2 aromatic rings. The lowest BCUT2D eigenvalue weighted by atomic mass is 9.96. The number of nitrogens with zero attached hydrogens (tertiary/aromatic N) is 4. The molecule has 1 aliphatic carbocycles. The van der Waals surface area contributed by atoms with Crippen molar-refractivity contribution in [1.82, 2.24) is 25.0 Å². The summed E-state index contributed by atoms with van der Waals surface area (Å²) in [6, 6.07) is 2.28. The van der Waals surface area contributed by atoms with E-state index in [9.17, 15) is 4.79 Å². The molecule has 0 radical (unpaired) electrons. The van der Waals surface area contributed by atoms with Gasteiger partial charge in [-0.2, -0.15) is 5.10 Å². The van der Waals surface area contributed by atoms with Gasteiger partial charge in [-0.1, -0.05) is 0 Å². The largest absolute Gasteiger partial charge is 0.381 e. The number of hydrogen-bond donors (Lipinski definition) is 1. The maximum absolute atomic E-state index is 13.6. The van der Waals surface area contributed by atoms with E-state index in [1.165, 1.54) is 0 Å². The van der Waals surface area contributed by atoms with E-state index >= 15 is 0 Å². The van der Waals surface area contributed by atoms with E-state index < -0.39 is 0 Å². The molecule has 2 unspecified atom stereocenters. The Labute approximate surface area is 196 Å². The second kappa shape index (κ2) is 8.96. The van der Waals surface area contributed by atoms with Crippen molar-refractivity contribution in [1.29, 1.82) is 0 Å². The van der Waals surface area contributed by atoms with Gasteiger partial charge in [0.15, 0.2) is 5.65 Å². The fourth-order valence-electron chi connectivity index (χ4n) is 5.20. The predicted octanol–water partition coefficient (Wildman–Crippen LogP) is 2.84. The Bertz CT molecular complexity index is 1010. The fourth-order valence-corrected chi connectivity index (χ4v) is 5.20. The first-order valence-electron chi connectivity index (χ1n) is 12.4. The smallest absolute Gasteiger partial charge is 0.252 e. The van der Waals surface area contributed by atoms with Crippen LogP contribution in [0.4, 0.5) is 0 Å². The molecule has 8 nitrogen and oxygen atoms in total. The number of carbonyl (C=O) groups excluding carboxylic acids is 1. The van der Waals surface area contributed by atoms with Crippen LogP contribution in [-0.2, 0) is 15.0 Å². The number of nitrogens with one attached hydrogen (secondary N) is 1. The number of carbonyl (C=O) groups is 1. The quantitative estimate of drug-likeness (QED) is 0.721. The third kappa shape index (κ3) is 4.66. The van der Waals surface area contributed by atoms with E-state index in [0.29, 0.717) is 23.9 Å². The summed E-state index contributed by atoms with van der Waals surface area (Å²) in [6.07, 6.45) is 3.33. The first-order chi connectivity index (χ1) is 15.8. The highest BCUT2D eigenvalue weighted by atomic mass is 16.5. The van der Waals surface area contributed by atoms with Gasteiger partial charge in [-0.25, -0.2) is 9.67 Å². The molecule has 180 valence electrons. The van der Waals surface area contributed by atoms with Crippen LogP contribution in [-0.4, -0.2) is 77.7 Å². The number of morpholine rings is 1. The molecule has 5 rings (SSSR count). The van der Waals surface area contributed by atoms with Gasteiger partial charge in [0.25, 0.3) is 5.91 Å². The molecule has 2 saturated heterocycles. The molecule has 1 saturated carbocycles. The Morgan fingerprint density at radius 3 is 2.58 bits per heavy atom. The van der Waals surface area contributed by atoms with Crippen LogP contribution < -0.4 is 5.32 Å². The van der Waals surface area contributed by atoms with Crippen LogP contribution in [0.15, 0.2) is 6.07 Å². The van der Waals surface area contributed by atoms with Crippen LogP contribution >= 0.6 is 0 Å². The predicted molar refractivity (Wildman–Crippen MR) is 127 cm³/mol. The normalized spacial score (nSPS) is 23.2. The fraction of sp³-hybridized carbons (Fsp3) is 0.720. The van der Waals surface area contributed by atoms with Gasteiger partial charge in [-0.3, -0.25) is 9.69 Å². The average molecular weight is 456 g/mol. The van der Waals surface area contributed by atoms with Crippen molar-refractivity contribution in [3.63, 3.8) is 0 Å². The molecule has 3 fully saturated rings. The number of hydrogen-bond acceptors (Lipinski definition) is 6. The number of aryl methyl sites for hydroxylation is 1. The molecule has 3 aliphatic rings. The van der Waals surface area contributed by atoms with Gasteiger partial charge in [-0.15, -0.1) is 0 Å². The second-order valence-electron chi connectivity index (χ2n) is 10.8. The summed E-state index contributed by atoms with van der Waals surface area (Å²) in [5.41, 5.74) is 3.20. The minimum Gasteiger partial charge on any atom is -0.381 e. The van der Waals surface area contributed by atoms with Crippen LogP contribution in [0.3, 0.4) is 0 Å². The number of rotatable bonds is 6. The molecule has 2 aromatic heterocycles. The lowest BCUT2D eigenvalue weighted by Crippen LogP contribution is -2.52. The van der Waals surface area contributed by atoms with Crippen LogP contribution in [0.5, 0.6) is 0 Å². The van der Waals surface area contributed by atoms with E-state index in [-0.39, 0.29) is 17.5 Å². The van der Waals surface area contributed by atoms with E-state index in [1.807, 2.05) is 17.7 Å². The van der Waals surface area contributed by atoms with E-state index in [1.54, 1.807) is 0 Å². The van der Waals surface area contributed by atoms with Crippen molar-refractivity contribution < 1.29 is 14.3 Å². The van der Waals surface area contributed by atoms with E-state index in [2.05, 4.69) is 31.0 Å². The zero-order chi connectivity index (χ0) is 23.2. The standard InChI is InChI=1S/C25H37N5O3/c1-16-22-19(13-20(17-5-6-17)27-23(22)30(28-16)25(2,3)4)24(31)26-14-21(18-7-10-33-15-18)29-8-11-32-12-9-29/h13,17-18,21H,5-12,14-15H2,1-4H3,(H,26,31). The maximum atomic E-state index is 13.6. The Morgan fingerprint density at radius 1 is 1.18 bits per heavy atom. The summed E-state index contributed by atoms with van der Waals surface area (Å²) >= 11 is 0. The number of fused-ring (bicyclic) bond motifs is 1. The molecule has 1 amide bonds. The van der Waals surface area contributed by atoms with Crippen LogP contribution in [0.2, 0.25) is 0 Å². The highest BCUT2D eigenvalue weighted by Gasteiger charge is 2.33. The maximum Gasteiger partial charge on any atom is 0.252 e. The Kier molecular flexibility index (Phi) is 6.18. The van der Waals surface area contributed by atoms with Crippen LogP contribution in [0.1, 0.15) is 67.7 Å². The third-order valence-corrected chi connectivity index (χ3v) is 7.20. The molecule has 0 bridgehead atoms. The van der Waals surface area contributed by atoms with Gasteiger partial charge in [0.2, 0.25) is 0 Å². The number of pyridine rings is 1. The van der Waals surface area contributed by atoms with Gasteiger partial charge < -0.3 is 14.8 Å². The molecule has 2 aliphatic heterocycles.